The summed E-state index contributed by atoms with van der Waals surface area (Å²) in [6, 6.07) is 13.8. The molecule has 0 unspecified atom stereocenters. The monoisotopic (exact) mass is 381 g/mol. The van der Waals surface area contributed by atoms with Gasteiger partial charge in [0.05, 0.1) is 35.2 Å². The van der Waals surface area contributed by atoms with Gasteiger partial charge in [0, 0.05) is 0 Å². The number of nitrogens with one attached hydrogen (secondary N) is 1. The number of hydrogen-bond donors (Lipinski definition) is 1. The maximum Gasteiger partial charge on any atom is 0.340 e. The molecular weight excluding hydrogens is 362 g/mol. The first-order valence-electron chi connectivity index (χ1n) is 8.70. The highest BCUT2D eigenvalue weighted by Gasteiger charge is 2.15. The average Bonchev–Trinajstić information content (AvgIpc) is 3.10. The van der Waals surface area contributed by atoms with Crippen LogP contribution in [-0.4, -0.2) is 40.6 Å². The summed E-state index contributed by atoms with van der Waals surface area (Å²) in [4.78, 5) is 40.3. The van der Waals surface area contributed by atoms with Gasteiger partial charge in [-0.05, 0) is 31.2 Å². The summed E-state index contributed by atoms with van der Waals surface area (Å²) in [5.41, 5.74) is 2.09. The van der Waals surface area contributed by atoms with E-state index in [2.05, 4.69) is 10.3 Å². The number of amides is 1. The van der Waals surface area contributed by atoms with Crippen molar-refractivity contribution in [3.8, 4) is 0 Å². The van der Waals surface area contributed by atoms with E-state index < -0.39 is 24.5 Å². The summed E-state index contributed by atoms with van der Waals surface area (Å²) in [5.74, 6) is -1.67. The lowest BCUT2D eigenvalue weighted by molar-refractivity contribution is -0.147. The Hall–Kier alpha value is -3.68. The minimum Gasteiger partial charge on any atom is -0.462 e. The minimum atomic E-state index is -0.572. The molecule has 0 saturated carbocycles. The van der Waals surface area contributed by atoms with Crippen LogP contribution in [-0.2, 0) is 25.6 Å². The van der Waals surface area contributed by atoms with Gasteiger partial charge in [-0.25, -0.2) is 9.78 Å². The van der Waals surface area contributed by atoms with Crippen molar-refractivity contribution in [2.24, 2.45) is 0 Å². The smallest absolute Gasteiger partial charge is 0.340 e. The van der Waals surface area contributed by atoms with Crippen LogP contribution in [0.15, 0.2) is 54.9 Å². The molecule has 3 rings (SSSR count). The molecule has 0 spiro atoms. The number of fused-ring (bicyclic) bond motifs is 1. The first kappa shape index (κ1) is 19.1. The zero-order valence-electron chi connectivity index (χ0n) is 15.3. The van der Waals surface area contributed by atoms with Gasteiger partial charge in [0.2, 0.25) is 0 Å². The second-order valence-electron chi connectivity index (χ2n) is 5.84. The number of anilines is 1. The van der Waals surface area contributed by atoms with E-state index in [9.17, 15) is 14.4 Å². The fourth-order valence-electron chi connectivity index (χ4n) is 2.63. The van der Waals surface area contributed by atoms with E-state index in [0.29, 0.717) is 5.69 Å². The zero-order chi connectivity index (χ0) is 19.9. The van der Waals surface area contributed by atoms with Crippen LogP contribution >= 0.6 is 0 Å². The first-order valence-corrected chi connectivity index (χ1v) is 8.70. The van der Waals surface area contributed by atoms with Gasteiger partial charge in [-0.15, -0.1) is 0 Å². The highest BCUT2D eigenvalue weighted by molar-refractivity contribution is 6.01. The second kappa shape index (κ2) is 8.81. The van der Waals surface area contributed by atoms with Crippen molar-refractivity contribution in [2.75, 3.05) is 18.5 Å². The molecule has 0 atom stereocenters. The van der Waals surface area contributed by atoms with Crippen LogP contribution in [0.2, 0.25) is 0 Å². The fourth-order valence-corrected chi connectivity index (χ4v) is 2.63. The molecule has 0 aliphatic carbocycles. The van der Waals surface area contributed by atoms with E-state index in [1.807, 2.05) is 24.3 Å². The van der Waals surface area contributed by atoms with Crippen molar-refractivity contribution in [1.29, 1.82) is 0 Å². The van der Waals surface area contributed by atoms with Crippen LogP contribution in [0.5, 0.6) is 0 Å². The largest absolute Gasteiger partial charge is 0.462 e. The van der Waals surface area contributed by atoms with Gasteiger partial charge in [0.25, 0.3) is 5.91 Å². The maximum atomic E-state index is 12.1. The van der Waals surface area contributed by atoms with Crippen LogP contribution in [0.25, 0.3) is 11.0 Å². The van der Waals surface area contributed by atoms with Gasteiger partial charge in [-0.3, -0.25) is 9.59 Å². The molecule has 1 amide bonds. The van der Waals surface area contributed by atoms with E-state index >= 15 is 0 Å². The molecule has 8 nitrogen and oxygen atoms in total. The van der Waals surface area contributed by atoms with Crippen molar-refractivity contribution in [1.82, 2.24) is 9.55 Å². The molecule has 0 aliphatic heterocycles. The molecule has 3 aromatic rings. The highest BCUT2D eigenvalue weighted by Crippen LogP contribution is 2.16. The van der Waals surface area contributed by atoms with E-state index in [-0.39, 0.29) is 18.7 Å². The van der Waals surface area contributed by atoms with Gasteiger partial charge in [-0.2, -0.15) is 0 Å². The molecule has 0 saturated heterocycles. The molecule has 2 aromatic carbocycles. The Kier molecular flexibility index (Phi) is 6.01. The van der Waals surface area contributed by atoms with Crippen LogP contribution in [0.4, 0.5) is 5.69 Å². The molecule has 1 N–H and O–H groups in total. The quantitative estimate of drug-likeness (QED) is 0.631. The number of hydrogen-bond acceptors (Lipinski definition) is 6. The third-order valence-electron chi connectivity index (χ3n) is 3.89. The molecule has 0 bridgehead atoms. The maximum absolute atomic E-state index is 12.1. The van der Waals surface area contributed by atoms with Crippen LogP contribution < -0.4 is 5.32 Å². The number of rotatable bonds is 7. The fraction of sp³-hybridized carbons (Fsp3) is 0.200. The van der Waals surface area contributed by atoms with Crippen LogP contribution in [0.3, 0.4) is 0 Å². The molecule has 0 aliphatic rings. The number of ether oxygens (including phenoxy) is 2. The third kappa shape index (κ3) is 4.53. The molecular formula is C20H19N3O5. The Morgan fingerprint density at radius 3 is 2.61 bits per heavy atom. The first-order chi connectivity index (χ1) is 13.6. The average molecular weight is 381 g/mol. The van der Waals surface area contributed by atoms with Crippen LogP contribution in [0, 0.1) is 0 Å². The molecule has 0 radical (unpaired) electrons. The van der Waals surface area contributed by atoms with Gasteiger partial charge >= 0.3 is 11.9 Å². The van der Waals surface area contributed by atoms with E-state index in [4.69, 9.17) is 9.47 Å². The van der Waals surface area contributed by atoms with E-state index in [1.54, 1.807) is 42.1 Å². The highest BCUT2D eigenvalue weighted by atomic mass is 16.5. The van der Waals surface area contributed by atoms with Crippen LogP contribution in [0.1, 0.15) is 17.3 Å². The lowest BCUT2D eigenvalue weighted by Gasteiger charge is -2.11. The number of imidazole rings is 1. The Morgan fingerprint density at radius 1 is 1.04 bits per heavy atom. The Balaban J connectivity index is 1.56. The molecule has 0 fully saturated rings. The lowest BCUT2D eigenvalue weighted by atomic mass is 10.2. The standard InChI is InChI=1S/C20H19N3O5/c1-2-27-20(26)14-7-3-4-8-15(14)22-18(24)12-28-19(25)11-23-13-21-16-9-5-6-10-17(16)23/h3-10,13H,2,11-12H2,1H3,(H,22,24). The Labute approximate surface area is 161 Å². The predicted octanol–water partition coefficient (Wildman–Crippen LogP) is 2.39. The summed E-state index contributed by atoms with van der Waals surface area (Å²) in [6.07, 6.45) is 1.54. The van der Waals surface area contributed by atoms with Gasteiger partial charge in [-0.1, -0.05) is 24.3 Å². The van der Waals surface area contributed by atoms with E-state index in [0.717, 1.165) is 11.0 Å². The molecule has 8 heteroatoms. The zero-order valence-corrected chi connectivity index (χ0v) is 15.3. The number of nitrogens with zero attached hydrogens (tertiary/aromatic N) is 2. The number of para-hydroxylation sites is 3. The summed E-state index contributed by atoms with van der Waals surface area (Å²) in [7, 11) is 0. The normalized spacial score (nSPS) is 10.5. The summed E-state index contributed by atoms with van der Waals surface area (Å²) >= 11 is 0. The molecule has 1 heterocycles. The number of carbonyl (C=O) groups excluding carboxylic acids is 3. The van der Waals surface area contributed by atoms with Gasteiger partial charge in [0.15, 0.2) is 6.61 Å². The van der Waals surface area contributed by atoms with Gasteiger partial charge in [0.1, 0.15) is 6.54 Å². The Morgan fingerprint density at radius 2 is 1.79 bits per heavy atom. The minimum absolute atomic E-state index is 0.0623. The van der Waals surface area contributed by atoms with Crippen molar-refractivity contribution >= 4 is 34.6 Å². The summed E-state index contributed by atoms with van der Waals surface area (Å²) in [5, 5.41) is 2.56. The van der Waals surface area contributed by atoms with E-state index in [1.165, 1.54) is 0 Å². The van der Waals surface area contributed by atoms with Crippen molar-refractivity contribution in [2.45, 2.75) is 13.5 Å². The van der Waals surface area contributed by atoms with Crippen molar-refractivity contribution < 1.29 is 23.9 Å². The SMILES string of the molecule is CCOC(=O)c1ccccc1NC(=O)COC(=O)Cn1cnc2ccccc21. The number of aromatic nitrogens is 2. The van der Waals surface area contributed by atoms with Crippen molar-refractivity contribution in [3.05, 3.63) is 60.4 Å². The number of benzene rings is 2. The molecule has 1 aromatic heterocycles. The predicted molar refractivity (Wildman–Crippen MR) is 102 cm³/mol. The number of esters is 2. The molecule has 28 heavy (non-hydrogen) atoms. The number of carbonyl (C=O) groups is 3. The summed E-state index contributed by atoms with van der Waals surface area (Å²) in [6.45, 7) is 1.39. The second-order valence-corrected chi connectivity index (χ2v) is 5.84. The summed E-state index contributed by atoms with van der Waals surface area (Å²) < 4.78 is 11.6. The van der Waals surface area contributed by atoms with Gasteiger partial charge < -0.3 is 19.4 Å². The topological polar surface area (TPSA) is 99.5 Å². The third-order valence-corrected chi connectivity index (χ3v) is 3.89. The Bertz CT molecular complexity index is 1010. The molecule has 144 valence electrons. The van der Waals surface area contributed by atoms with Crippen molar-refractivity contribution in [3.63, 3.8) is 0 Å². The lowest BCUT2D eigenvalue weighted by Crippen LogP contribution is -2.24.